The summed E-state index contributed by atoms with van der Waals surface area (Å²) in [6.45, 7) is 9.23. The van der Waals surface area contributed by atoms with E-state index in [0.29, 0.717) is 11.5 Å². The van der Waals surface area contributed by atoms with Gasteiger partial charge in [0, 0.05) is 37.9 Å². The molecule has 0 radical (unpaired) electrons. The van der Waals surface area contributed by atoms with Gasteiger partial charge in [0.1, 0.15) is 17.8 Å². The van der Waals surface area contributed by atoms with E-state index in [0.717, 1.165) is 62.6 Å². The molecule has 2 N–H and O–H groups in total. The quantitative estimate of drug-likeness (QED) is 0.780. The molecule has 7 heteroatoms. The van der Waals surface area contributed by atoms with E-state index in [2.05, 4.69) is 32.4 Å². The molecule has 0 bridgehead atoms. The lowest BCUT2D eigenvalue weighted by atomic mass is 10.1. The Morgan fingerprint density at radius 3 is 2.85 bits per heavy atom. The number of ether oxygens (including phenoxy) is 1. The summed E-state index contributed by atoms with van der Waals surface area (Å²) >= 11 is 0. The third-order valence-electron chi connectivity index (χ3n) is 4.72. The number of carbonyl (C=O) groups excluding carboxylic acids is 1. The Morgan fingerprint density at radius 1 is 1.26 bits per heavy atom. The number of aryl methyl sites for hydroxylation is 2. The number of anilines is 2. The van der Waals surface area contributed by atoms with Crippen LogP contribution in [0.25, 0.3) is 0 Å². The van der Waals surface area contributed by atoms with Gasteiger partial charge in [-0.2, -0.15) is 0 Å². The lowest BCUT2D eigenvalue weighted by Crippen LogP contribution is -2.39. The summed E-state index contributed by atoms with van der Waals surface area (Å²) in [5.41, 5.74) is 3.37. The topological polar surface area (TPSA) is 79.4 Å². The number of amides is 1. The van der Waals surface area contributed by atoms with Crippen LogP contribution >= 0.6 is 0 Å². The van der Waals surface area contributed by atoms with E-state index in [-0.39, 0.29) is 5.91 Å². The Bertz CT molecular complexity index is 775. The van der Waals surface area contributed by atoms with E-state index < -0.39 is 0 Å². The van der Waals surface area contributed by atoms with Crippen LogP contribution in [0.5, 0.6) is 0 Å². The Kier molecular flexibility index (Phi) is 6.73. The predicted octanol–water partition coefficient (Wildman–Crippen LogP) is 2.34. The van der Waals surface area contributed by atoms with Gasteiger partial charge in [-0.3, -0.25) is 9.69 Å². The van der Waals surface area contributed by atoms with Gasteiger partial charge in [-0.1, -0.05) is 25.1 Å². The number of hydrogen-bond donors (Lipinski definition) is 2. The van der Waals surface area contributed by atoms with Crippen molar-refractivity contribution in [3.8, 4) is 0 Å². The first kappa shape index (κ1) is 19.3. The normalized spacial score (nSPS) is 14.7. The van der Waals surface area contributed by atoms with Gasteiger partial charge in [-0.05, 0) is 24.5 Å². The van der Waals surface area contributed by atoms with Gasteiger partial charge >= 0.3 is 0 Å². The fourth-order valence-electron chi connectivity index (χ4n) is 3.12. The number of morpholine rings is 1. The first-order valence-corrected chi connectivity index (χ1v) is 9.43. The standard InChI is InChI=1S/C20H27N5O2/c1-3-16-6-4-5-15(2)19(16)24-20(26)17-13-18(23-14-22-17)21-7-8-25-9-11-27-12-10-25/h4-6,13-14H,3,7-12H2,1-2H3,(H,24,26)(H,21,22,23). The molecule has 1 aromatic carbocycles. The van der Waals surface area contributed by atoms with E-state index in [4.69, 9.17) is 4.74 Å². The second-order valence-electron chi connectivity index (χ2n) is 6.59. The summed E-state index contributed by atoms with van der Waals surface area (Å²) in [4.78, 5) is 23.3. The van der Waals surface area contributed by atoms with Gasteiger partial charge in [-0.25, -0.2) is 9.97 Å². The molecule has 2 aromatic rings. The van der Waals surface area contributed by atoms with Crippen molar-refractivity contribution in [1.82, 2.24) is 14.9 Å². The van der Waals surface area contributed by atoms with Crippen LogP contribution in [0.3, 0.4) is 0 Å². The van der Waals surface area contributed by atoms with E-state index >= 15 is 0 Å². The number of aromatic nitrogens is 2. The SMILES string of the molecule is CCc1cccc(C)c1NC(=O)c1cc(NCCN2CCOCC2)ncn1. The maximum Gasteiger partial charge on any atom is 0.274 e. The number of nitrogens with zero attached hydrogens (tertiary/aromatic N) is 3. The van der Waals surface area contributed by atoms with E-state index in [1.165, 1.54) is 6.33 Å². The summed E-state index contributed by atoms with van der Waals surface area (Å²) in [5.74, 6) is 0.432. The Morgan fingerprint density at radius 2 is 2.07 bits per heavy atom. The zero-order chi connectivity index (χ0) is 19.1. The van der Waals surface area contributed by atoms with Crippen molar-refractivity contribution >= 4 is 17.4 Å². The molecule has 1 aliphatic heterocycles. The van der Waals surface area contributed by atoms with Gasteiger partial charge < -0.3 is 15.4 Å². The minimum Gasteiger partial charge on any atom is -0.379 e. The van der Waals surface area contributed by atoms with Gasteiger partial charge in [0.15, 0.2) is 0 Å². The smallest absolute Gasteiger partial charge is 0.274 e. The molecular formula is C20H27N5O2. The highest BCUT2D eigenvalue weighted by Crippen LogP contribution is 2.21. The fourth-order valence-corrected chi connectivity index (χ4v) is 3.12. The minimum atomic E-state index is -0.224. The van der Waals surface area contributed by atoms with Crippen LogP contribution in [0.4, 0.5) is 11.5 Å². The number of hydrogen-bond acceptors (Lipinski definition) is 6. The highest BCUT2D eigenvalue weighted by molar-refractivity contribution is 6.04. The van der Waals surface area contributed by atoms with Crippen molar-refractivity contribution in [1.29, 1.82) is 0 Å². The Labute approximate surface area is 160 Å². The summed E-state index contributed by atoms with van der Waals surface area (Å²) in [6, 6.07) is 7.72. The van der Waals surface area contributed by atoms with E-state index in [9.17, 15) is 4.79 Å². The number of nitrogens with one attached hydrogen (secondary N) is 2. The molecule has 1 aromatic heterocycles. The molecule has 0 atom stereocenters. The number of benzene rings is 1. The summed E-state index contributed by atoms with van der Waals surface area (Å²) in [6.07, 6.45) is 2.28. The first-order chi connectivity index (χ1) is 13.2. The molecule has 3 rings (SSSR count). The molecule has 1 saturated heterocycles. The highest BCUT2D eigenvalue weighted by Gasteiger charge is 2.13. The summed E-state index contributed by atoms with van der Waals surface area (Å²) < 4.78 is 5.35. The third kappa shape index (κ3) is 5.24. The molecule has 2 heterocycles. The maximum absolute atomic E-state index is 12.7. The highest BCUT2D eigenvalue weighted by atomic mass is 16.5. The third-order valence-corrected chi connectivity index (χ3v) is 4.72. The zero-order valence-corrected chi connectivity index (χ0v) is 16.0. The summed E-state index contributed by atoms with van der Waals surface area (Å²) in [7, 11) is 0. The van der Waals surface area contributed by atoms with Gasteiger partial charge in [0.25, 0.3) is 5.91 Å². The summed E-state index contributed by atoms with van der Waals surface area (Å²) in [5, 5.41) is 6.27. The molecule has 1 amide bonds. The van der Waals surface area contributed by atoms with Crippen molar-refractivity contribution in [3.63, 3.8) is 0 Å². The average Bonchev–Trinajstić information content (AvgIpc) is 2.70. The van der Waals surface area contributed by atoms with E-state index in [1.54, 1.807) is 6.07 Å². The molecule has 0 unspecified atom stereocenters. The lowest BCUT2D eigenvalue weighted by Gasteiger charge is -2.26. The fraction of sp³-hybridized carbons (Fsp3) is 0.450. The van der Waals surface area contributed by atoms with Crippen molar-refractivity contribution in [2.24, 2.45) is 0 Å². The van der Waals surface area contributed by atoms with Crippen LogP contribution in [-0.2, 0) is 11.2 Å². The number of para-hydroxylation sites is 1. The molecule has 27 heavy (non-hydrogen) atoms. The van der Waals surface area contributed by atoms with Gasteiger partial charge in [-0.15, -0.1) is 0 Å². The molecule has 144 valence electrons. The predicted molar refractivity (Wildman–Crippen MR) is 106 cm³/mol. The molecule has 0 aliphatic carbocycles. The minimum absolute atomic E-state index is 0.224. The molecule has 0 spiro atoms. The van der Waals surface area contributed by atoms with E-state index in [1.807, 2.05) is 25.1 Å². The zero-order valence-electron chi connectivity index (χ0n) is 16.0. The molecule has 1 fully saturated rings. The van der Waals surface area contributed by atoms with Gasteiger partial charge in [0.2, 0.25) is 0 Å². The van der Waals surface area contributed by atoms with Crippen molar-refractivity contribution in [2.75, 3.05) is 50.0 Å². The van der Waals surface area contributed by atoms with Crippen molar-refractivity contribution in [2.45, 2.75) is 20.3 Å². The van der Waals surface area contributed by atoms with Crippen molar-refractivity contribution < 1.29 is 9.53 Å². The number of carbonyl (C=O) groups is 1. The second kappa shape index (κ2) is 9.43. The Hall–Kier alpha value is -2.51. The maximum atomic E-state index is 12.7. The molecular weight excluding hydrogens is 342 g/mol. The monoisotopic (exact) mass is 369 g/mol. The molecule has 7 nitrogen and oxygen atoms in total. The molecule has 0 saturated carbocycles. The van der Waals surface area contributed by atoms with Crippen LogP contribution in [-0.4, -0.2) is 60.2 Å². The largest absolute Gasteiger partial charge is 0.379 e. The Balaban J connectivity index is 1.60. The van der Waals surface area contributed by atoms with Crippen LogP contribution in [0, 0.1) is 6.92 Å². The van der Waals surface area contributed by atoms with Crippen LogP contribution < -0.4 is 10.6 Å². The average molecular weight is 369 g/mol. The number of rotatable bonds is 7. The van der Waals surface area contributed by atoms with Crippen LogP contribution in [0.15, 0.2) is 30.6 Å². The second-order valence-corrected chi connectivity index (χ2v) is 6.59. The van der Waals surface area contributed by atoms with Crippen LogP contribution in [0.1, 0.15) is 28.5 Å². The lowest BCUT2D eigenvalue weighted by molar-refractivity contribution is 0.0398. The first-order valence-electron chi connectivity index (χ1n) is 9.43. The van der Waals surface area contributed by atoms with Gasteiger partial charge in [0.05, 0.1) is 13.2 Å². The van der Waals surface area contributed by atoms with Crippen molar-refractivity contribution in [3.05, 3.63) is 47.4 Å². The molecule has 1 aliphatic rings. The van der Waals surface area contributed by atoms with Crippen LogP contribution in [0.2, 0.25) is 0 Å².